The lowest BCUT2D eigenvalue weighted by Crippen LogP contribution is -2.39. The Bertz CT molecular complexity index is 2090. The topological polar surface area (TPSA) is 92.7 Å². The molecule has 1 N–H and O–H groups in total. The van der Waals surface area contributed by atoms with Gasteiger partial charge < -0.3 is 33.5 Å². The van der Waals surface area contributed by atoms with E-state index >= 15 is 0 Å². The molecule has 0 spiro atoms. The first-order chi connectivity index (χ1) is 26.0. The van der Waals surface area contributed by atoms with E-state index in [4.69, 9.17) is 28.4 Å². The molecule has 1 heterocycles. The van der Waals surface area contributed by atoms with Gasteiger partial charge in [0.1, 0.15) is 43.2 Å². The highest BCUT2D eigenvalue weighted by atomic mass is 16.6. The van der Waals surface area contributed by atoms with Crippen LogP contribution in [0.2, 0.25) is 0 Å². The molecule has 3 unspecified atom stereocenters. The van der Waals surface area contributed by atoms with E-state index in [1.54, 1.807) is 30.3 Å². The normalized spacial score (nSPS) is 16.1. The third kappa shape index (κ3) is 8.98. The van der Waals surface area contributed by atoms with Crippen molar-refractivity contribution in [2.45, 2.75) is 51.7 Å². The van der Waals surface area contributed by atoms with Gasteiger partial charge in [-0.1, -0.05) is 127 Å². The highest BCUT2D eigenvalue weighted by molar-refractivity contribution is 5.67. The van der Waals surface area contributed by atoms with Crippen LogP contribution < -0.4 is 18.9 Å². The minimum absolute atomic E-state index is 0.0209. The number of carbonyl (C=O) groups is 1. The molecule has 6 aromatic carbocycles. The summed E-state index contributed by atoms with van der Waals surface area (Å²) in [6, 6.07) is 47.8. The Balaban J connectivity index is 1.30. The molecule has 0 radical (unpaired) electrons. The van der Waals surface area contributed by atoms with Crippen molar-refractivity contribution >= 4 is 5.97 Å². The molecule has 8 nitrogen and oxygen atoms in total. The zero-order valence-electron chi connectivity index (χ0n) is 29.3. The minimum atomic E-state index is -0.943. The maximum absolute atomic E-state index is 12.9. The predicted octanol–water partition coefficient (Wildman–Crippen LogP) is 9.45. The number of aromatic hydroxyl groups is 1. The molecule has 0 aliphatic carbocycles. The molecule has 53 heavy (non-hydrogen) atoms. The number of benzene rings is 6. The summed E-state index contributed by atoms with van der Waals surface area (Å²) >= 11 is 0. The second-order valence-corrected chi connectivity index (χ2v) is 12.7. The number of hydrogen-bond donors (Lipinski definition) is 1. The van der Waals surface area contributed by atoms with Gasteiger partial charge in [0.15, 0.2) is 23.7 Å². The average molecular weight is 709 g/mol. The second kappa shape index (κ2) is 16.8. The Hall–Kier alpha value is -6.25. The summed E-state index contributed by atoms with van der Waals surface area (Å²) in [4.78, 5) is 12.9. The number of ether oxygens (including phenoxy) is 6. The molecular weight excluding hydrogens is 668 g/mol. The average Bonchev–Trinajstić information content (AvgIpc) is 3.19. The van der Waals surface area contributed by atoms with Crippen LogP contribution in [0.3, 0.4) is 0 Å². The number of hydrogen-bond acceptors (Lipinski definition) is 8. The summed E-state index contributed by atoms with van der Waals surface area (Å²) in [6.45, 7) is 2.40. The van der Waals surface area contributed by atoms with E-state index < -0.39 is 24.3 Å². The Labute approximate surface area is 309 Å². The lowest BCUT2D eigenvalue weighted by molar-refractivity contribution is -0.169. The summed E-state index contributed by atoms with van der Waals surface area (Å²) in [7, 11) is 0. The molecule has 268 valence electrons. The first-order valence-electron chi connectivity index (χ1n) is 17.5. The van der Waals surface area contributed by atoms with Gasteiger partial charge in [0.05, 0.1) is 12.2 Å². The molecule has 1 aliphatic rings. The van der Waals surface area contributed by atoms with E-state index in [9.17, 15) is 9.90 Å². The smallest absolute Gasteiger partial charge is 0.303 e. The summed E-state index contributed by atoms with van der Waals surface area (Å²) in [5, 5.41) is 10.8. The molecule has 8 heteroatoms. The van der Waals surface area contributed by atoms with Crippen LogP contribution in [0.1, 0.15) is 52.5 Å². The number of rotatable bonds is 14. The number of phenols is 1. The molecule has 7 rings (SSSR count). The fourth-order valence-corrected chi connectivity index (χ4v) is 6.22. The molecule has 3 atom stereocenters. The molecule has 0 aromatic heterocycles. The van der Waals surface area contributed by atoms with E-state index in [1.807, 2.05) is 121 Å². The van der Waals surface area contributed by atoms with Gasteiger partial charge in [-0.15, -0.1) is 0 Å². The molecule has 6 aromatic rings. The summed E-state index contributed by atoms with van der Waals surface area (Å²) < 4.78 is 38.6. The summed E-state index contributed by atoms with van der Waals surface area (Å²) in [5.41, 5.74) is 5.01. The van der Waals surface area contributed by atoms with Crippen molar-refractivity contribution in [2.75, 3.05) is 0 Å². The largest absolute Gasteiger partial charge is 0.504 e. The van der Waals surface area contributed by atoms with Gasteiger partial charge in [0.2, 0.25) is 0 Å². The van der Waals surface area contributed by atoms with Crippen LogP contribution in [-0.2, 0) is 40.7 Å². The SMILES string of the molecule is CC(=O)OC1c2c(OCc3ccccc3)cc(OCc3ccccc3)cc2OC(c2ccc(O)c(OCc3ccccc3)c2)C1OCc1ccccc1. The maximum Gasteiger partial charge on any atom is 0.303 e. The Kier molecular flexibility index (Phi) is 11.2. The maximum atomic E-state index is 12.9. The predicted molar refractivity (Wildman–Crippen MR) is 200 cm³/mol. The van der Waals surface area contributed by atoms with Crippen LogP contribution in [0.25, 0.3) is 0 Å². The van der Waals surface area contributed by atoms with Crippen molar-refractivity contribution in [2.24, 2.45) is 0 Å². The van der Waals surface area contributed by atoms with Crippen LogP contribution in [0.4, 0.5) is 0 Å². The zero-order valence-corrected chi connectivity index (χ0v) is 29.3. The lowest BCUT2D eigenvalue weighted by atomic mass is 9.90. The fraction of sp³-hybridized carbons (Fsp3) is 0.178. The summed E-state index contributed by atoms with van der Waals surface area (Å²) in [5.74, 6) is 1.12. The number of esters is 1. The van der Waals surface area contributed by atoms with Crippen molar-refractivity contribution < 1.29 is 38.3 Å². The molecule has 0 fully saturated rings. The van der Waals surface area contributed by atoms with Gasteiger partial charge in [0, 0.05) is 19.1 Å². The third-order valence-corrected chi connectivity index (χ3v) is 8.83. The van der Waals surface area contributed by atoms with Crippen molar-refractivity contribution in [1.29, 1.82) is 0 Å². The highest BCUT2D eigenvalue weighted by Gasteiger charge is 2.45. The molecule has 0 amide bonds. The Morgan fingerprint density at radius 1 is 0.604 bits per heavy atom. The number of phenolic OH excluding ortho intramolecular Hbond substituents is 1. The molecule has 0 saturated carbocycles. The van der Waals surface area contributed by atoms with Crippen molar-refractivity contribution in [3.8, 4) is 28.7 Å². The van der Waals surface area contributed by atoms with E-state index in [-0.39, 0.29) is 31.3 Å². The standard InChI is InChI=1S/C45H40O8/c1-31(46)52-44-42-40(50-29-34-18-10-4-11-19-34)25-37(48-27-32-14-6-2-7-15-32)26-41(42)53-43(45(44)51-30-35-20-12-5-13-21-35)36-22-23-38(47)39(24-36)49-28-33-16-8-3-9-17-33/h2-26,43-45,47H,27-30H2,1H3. The lowest BCUT2D eigenvalue weighted by Gasteiger charge is -2.39. The van der Waals surface area contributed by atoms with Gasteiger partial charge in [0.25, 0.3) is 0 Å². The van der Waals surface area contributed by atoms with Crippen LogP contribution in [0, 0.1) is 0 Å². The summed E-state index contributed by atoms with van der Waals surface area (Å²) in [6.07, 6.45) is -2.59. The number of fused-ring (bicyclic) bond motifs is 1. The first kappa shape index (κ1) is 35.2. The van der Waals surface area contributed by atoms with Crippen LogP contribution in [-0.4, -0.2) is 17.2 Å². The van der Waals surface area contributed by atoms with E-state index in [2.05, 4.69) is 0 Å². The van der Waals surface area contributed by atoms with Gasteiger partial charge in [-0.2, -0.15) is 0 Å². The van der Waals surface area contributed by atoms with E-state index in [0.29, 0.717) is 35.0 Å². The van der Waals surface area contributed by atoms with Crippen LogP contribution in [0.5, 0.6) is 28.7 Å². The van der Waals surface area contributed by atoms with Crippen LogP contribution >= 0.6 is 0 Å². The van der Waals surface area contributed by atoms with E-state index in [1.165, 1.54) is 6.92 Å². The minimum Gasteiger partial charge on any atom is -0.504 e. The van der Waals surface area contributed by atoms with Gasteiger partial charge in [-0.3, -0.25) is 4.79 Å². The molecule has 0 bridgehead atoms. The van der Waals surface area contributed by atoms with E-state index in [0.717, 1.165) is 22.3 Å². The van der Waals surface area contributed by atoms with Crippen molar-refractivity contribution in [3.05, 3.63) is 185 Å². The Morgan fingerprint density at radius 3 is 1.66 bits per heavy atom. The van der Waals surface area contributed by atoms with Crippen molar-refractivity contribution in [1.82, 2.24) is 0 Å². The van der Waals surface area contributed by atoms with Gasteiger partial charge in [-0.05, 0) is 39.9 Å². The monoisotopic (exact) mass is 708 g/mol. The Morgan fingerprint density at radius 2 is 1.11 bits per heavy atom. The number of carbonyl (C=O) groups excluding carboxylic acids is 1. The van der Waals surface area contributed by atoms with Crippen LogP contribution in [0.15, 0.2) is 152 Å². The zero-order chi connectivity index (χ0) is 36.4. The first-order valence-corrected chi connectivity index (χ1v) is 17.5. The highest BCUT2D eigenvalue weighted by Crippen LogP contribution is 2.51. The molecule has 0 saturated heterocycles. The molecular formula is C45H40O8. The quantitative estimate of drug-likeness (QED) is 0.112. The van der Waals surface area contributed by atoms with Crippen molar-refractivity contribution in [3.63, 3.8) is 0 Å². The van der Waals surface area contributed by atoms with Gasteiger partial charge >= 0.3 is 5.97 Å². The fourth-order valence-electron chi connectivity index (χ4n) is 6.22. The van der Waals surface area contributed by atoms with Gasteiger partial charge in [-0.25, -0.2) is 0 Å². The second-order valence-electron chi connectivity index (χ2n) is 12.7. The molecule has 1 aliphatic heterocycles. The third-order valence-electron chi connectivity index (χ3n) is 8.83.